The molecule has 1 aromatic heterocycles. The highest BCUT2D eigenvalue weighted by Crippen LogP contribution is 2.23. The first kappa shape index (κ1) is 11.4. The number of halogens is 2. The average molecular weight is 243 g/mol. The van der Waals surface area contributed by atoms with E-state index < -0.39 is 5.82 Å². The summed E-state index contributed by atoms with van der Waals surface area (Å²) in [6.07, 6.45) is 0. The van der Waals surface area contributed by atoms with Gasteiger partial charge in [0.15, 0.2) is 5.58 Å². The van der Waals surface area contributed by atoms with Crippen molar-refractivity contribution in [1.29, 1.82) is 0 Å². The van der Waals surface area contributed by atoms with Crippen LogP contribution in [0.1, 0.15) is 19.7 Å². The quantitative estimate of drug-likeness (QED) is 0.899. The zero-order valence-electron chi connectivity index (χ0n) is 9.05. The van der Waals surface area contributed by atoms with Crippen LogP contribution in [0.2, 0.25) is 5.02 Å². The van der Waals surface area contributed by atoms with Crippen molar-refractivity contribution in [3.05, 3.63) is 28.9 Å². The molecule has 0 bridgehead atoms. The predicted molar refractivity (Wildman–Crippen MR) is 61.0 cm³/mol. The fourth-order valence-corrected chi connectivity index (χ4v) is 1.50. The Morgan fingerprint density at radius 3 is 2.94 bits per heavy atom. The number of nitrogens with one attached hydrogen (secondary N) is 1. The predicted octanol–water partition coefficient (Wildman–Crippen LogP) is 3.12. The van der Waals surface area contributed by atoms with Gasteiger partial charge in [0.2, 0.25) is 5.89 Å². The zero-order chi connectivity index (χ0) is 11.7. The van der Waals surface area contributed by atoms with E-state index in [1.165, 1.54) is 12.1 Å². The maximum Gasteiger partial charge on any atom is 0.209 e. The Balaban J connectivity index is 2.29. The Labute approximate surface area is 97.6 Å². The number of nitrogens with zero attached hydrogens (tertiary/aromatic N) is 1. The molecule has 2 aromatic rings. The summed E-state index contributed by atoms with van der Waals surface area (Å²) in [6, 6.07) is 3.06. The first-order chi connectivity index (χ1) is 7.56. The Morgan fingerprint density at radius 1 is 1.50 bits per heavy atom. The molecule has 0 amide bonds. The molecule has 0 fully saturated rings. The van der Waals surface area contributed by atoms with Crippen molar-refractivity contribution in [3.63, 3.8) is 0 Å². The molecule has 3 nitrogen and oxygen atoms in total. The van der Waals surface area contributed by atoms with Crippen LogP contribution in [0.15, 0.2) is 16.5 Å². The molecule has 0 unspecified atom stereocenters. The second kappa shape index (κ2) is 4.39. The van der Waals surface area contributed by atoms with E-state index in [4.69, 9.17) is 16.0 Å². The van der Waals surface area contributed by atoms with E-state index in [9.17, 15) is 4.39 Å². The molecule has 0 radical (unpaired) electrons. The summed E-state index contributed by atoms with van der Waals surface area (Å²) in [5.41, 5.74) is 0.995. The number of rotatable bonds is 3. The number of oxazole rings is 1. The minimum Gasteiger partial charge on any atom is -0.439 e. The first-order valence-electron chi connectivity index (χ1n) is 5.04. The van der Waals surface area contributed by atoms with Crippen molar-refractivity contribution in [2.45, 2.75) is 26.4 Å². The summed E-state index contributed by atoms with van der Waals surface area (Å²) in [7, 11) is 0. The van der Waals surface area contributed by atoms with E-state index in [1.807, 2.05) is 13.8 Å². The zero-order valence-corrected chi connectivity index (χ0v) is 9.81. The molecular formula is C11H12ClFN2O. The molecule has 86 valence electrons. The maximum atomic E-state index is 13.1. The highest BCUT2D eigenvalue weighted by molar-refractivity contribution is 6.31. The third-order valence-electron chi connectivity index (χ3n) is 2.14. The molecule has 5 heteroatoms. The van der Waals surface area contributed by atoms with Gasteiger partial charge in [0.05, 0.1) is 11.6 Å². The number of benzene rings is 1. The second-order valence-electron chi connectivity index (χ2n) is 3.88. The number of aromatic nitrogens is 1. The molecule has 1 N–H and O–H groups in total. The molecule has 0 aliphatic carbocycles. The maximum absolute atomic E-state index is 13.1. The van der Waals surface area contributed by atoms with Crippen LogP contribution in [0.3, 0.4) is 0 Å². The number of hydrogen-bond acceptors (Lipinski definition) is 3. The lowest BCUT2D eigenvalue weighted by molar-refractivity contribution is 0.471. The lowest BCUT2D eigenvalue weighted by Gasteiger charge is -2.03. The molecule has 0 aliphatic rings. The van der Waals surface area contributed by atoms with E-state index in [2.05, 4.69) is 10.3 Å². The summed E-state index contributed by atoms with van der Waals surface area (Å²) in [5, 5.41) is 3.23. The minimum absolute atomic E-state index is 0.0594. The van der Waals surface area contributed by atoms with Crippen LogP contribution in [-0.4, -0.2) is 11.0 Å². The molecule has 0 atom stereocenters. The summed E-state index contributed by atoms with van der Waals surface area (Å²) in [5.74, 6) is 0.0408. The Kier molecular flexibility index (Phi) is 3.12. The van der Waals surface area contributed by atoms with Crippen molar-refractivity contribution in [3.8, 4) is 0 Å². The van der Waals surface area contributed by atoms with Gasteiger partial charge in [-0.25, -0.2) is 9.37 Å². The van der Waals surface area contributed by atoms with E-state index in [0.29, 0.717) is 29.6 Å². The molecule has 16 heavy (non-hydrogen) atoms. The SMILES string of the molecule is CC(C)NCc1nc2cc(Cl)c(F)cc2o1. The monoisotopic (exact) mass is 242 g/mol. The number of fused-ring (bicyclic) bond motifs is 1. The highest BCUT2D eigenvalue weighted by atomic mass is 35.5. The first-order valence-corrected chi connectivity index (χ1v) is 5.42. The van der Waals surface area contributed by atoms with Gasteiger partial charge in [0.25, 0.3) is 0 Å². The van der Waals surface area contributed by atoms with Gasteiger partial charge in [-0.15, -0.1) is 0 Å². The topological polar surface area (TPSA) is 38.1 Å². The van der Waals surface area contributed by atoms with Crippen molar-refractivity contribution in [2.24, 2.45) is 0 Å². The molecule has 2 rings (SSSR count). The van der Waals surface area contributed by atoms with Crippen LogP contribution in [-0.2, 0) is 6.54 Å². The summed E-state index contributed by atoms with van der Waals surface area (Å²) >= 11 is 5.65. The molecule has 1 heterocycles. The van der Waals surface area contributed by atoms with Gasteiger partial charge in [0, 0.05) is 12.1 Å². The van der Waals surface area contributed by atoms with Crippen molar-refractivity contribution >= 4 is 22.7 Å². The van der Waals surface area contributed by atoms with Gasteiger partial charge in [-0.2, -0.15) is 0 Å². The normalized spacial score (nSPS) is 11.6. The standard InChI is InChI=1S/C11H12ClFN2O/c1-6(2)14-5-11-15-9-3-7(12)8(13)4-10(9)16-11/h3-4,6,14H,5H2,1-2H3. The van der Waals surface area contributed by atoms with Crippen LogP contribution >= 0.6 is 11.6 Å². The fourth-order valence-electron chi connectivity index (χ4n) is 1.34. The minimum atomic E-state index is -0.492. The Hall–Kier alpha value is -1.13. The largest absolute Gasteiger partial charge is 0.439 e. The van der Waals surface area contributed by atoms with Crippen LogP contribution < -0.4 is 5.32 Å². The van der Waals surface area contributed by atoms with Crippen LogP contribution in [0.5, 0.6) is 0 Å². The molecular weight excluding hydrogens is 231 g/mol. The summed E-state index contributed by atoms with van der Waals surface area (Å²) in [4.78, 5) is 4.21. The lowest BCUT2D eigenvalue weighted by Crippen LogP contribution is -2.21. The summed E-state index contributed by atoms with van der Waals surface area (Å²) < 4.78 is 18.5. The highest BCUT2D eigenvalue weighted by Gasteiger charge is 2.09. The van der Waals surface area contributed by atoms with Crippen LogP contribution in [0.4, 0.5) is 4.39 Å². The van der Waals surface area contributed by atoms with Crippen molar-refractivity contribution in [1.82, 2.24) is 10.3 Å². The van der Waals surface area contributed by atoms with Crippen molar-refractivity contribution < 1.29 is 8.81 Å². The van der Waals surface area contributed by atoms with E-state index >= 15 is 0 Å². The molecule has 0 saturated carbocycles. The van der Waals surface area contributed by atoms with E-state index in [-0.39, 0.29) is 5.02 Å². The molecule has 0 saturated heterocycles. The van der Waals surface area contributed by atoms with E-state index in [1.54, 1.807) is 0 Å². The smallest absolute Gasteiger partial charge is 0.209 e. The van der Waals surface area contributed by atoms with Crippen molar-refractivity contribution in [2.75, 3.05) is 0 Å². The molecule has 0 aliphatic heterocycles. The van der Waals surface area contributed by atoms with Crippen LogP contribution in [0, 0.1) is 5.82 Å². The average Bonchev–Trinajstić information content (AvgIpc) is 2.58. The molecule has 0 spiro atoms. The summed E-state index contributed by atoms with van der Waals surface area (Å²) in [6.45, 7) is 4.57. The molecule has 1 aromatic carbocycles. The fraction of sp³-hybridized carbons (Fsp3) is 0.364. The third kappa shape index (κ3) is 2.33. The van der Waals surface area contributed by atoms with Crippen LogP contribution in [0.25, 0.3) is 11.1 Å². The van der Waals surface area contributed by atoms with Gasteiger partial charge in [-0.3, -0.25) is 0 Å². The van der Waals surface area contributed by atoms with Gasteiger partial charge < -0.3 is 9.73 Å². The van der Waals surface area contributed by atoms with Gasteiger partial charge >= 0.3 is 0 Å². The second-order valence-corrected chi connectivity index (χ2v) is 4.28. The van der Waals surface area contributed by atoms with Gasteiger partial charge in [-0.1, -0.05) is 25.4 Å². The third-order valence-corrected chi connectivity index (χ3v) is 2.43. The van der Waals surface area contributed by atoms with Gasteiger partial charge in [0.1, 0.15) is 11.3 Å². The van der Waals surface area contributed by atoms with E-state index in [0.717, 1.165) is 0 Å². The lowest BCUT2D eigenvalue weighted by atomic mass is 10.3. The van der Waals surface area contributed by atoms with Gasteiger partial charge in [-0.05, 0) is 6.07 Å². The Bertz CT molecular complexity index is 471. The number of hydrogen-bond donors (Lipinski definition) is 1. The Morgan fingerprint density at radius 2 is 2.25 bits per heavy atom.